The molecule has 0 saturated heterocycles. The third-order valence-corrected chi connectivity index (χ3v) is 3.06. The predicted molar refractivity (Wildman–Crippen MR) is 59.1 cm³/mol. The summed E-state index contributed by atoms with van der Waals surface area (Å²) in [5.41, 5.74) is 0. The Bertz CT molecular complexity index is 307. The molecule has 1 fully saturated rings. The summed E-state index contributed by atoms with van der Waals surface area (Å²) in [6, 6.07) is 3.47. The van der Waals surface area contributed by atoms with Crippen molar-refractivity contribution in [3.05, 3.63) is 17.3 Å². The van der Waals surface area contributed by atoms with E-state index in [-0.39, 0.29) is 0 Å². The van der Waals surface area contributed by atoms with Crippen LogP contribution >= 0.6 is 11.6 Å². The smallest absolute Gasteiger partial charge is 0.233 e. The Morgan fingerprint density at radius 2 is 1.93 bits per heavy atom. The zero-order valence-corrected chi connectivity index (χ0v) is 9.57. The Morgan fingerprint density at radius 3 is 2.53 bits per heavy atom. The van der Waals surface area contributed by atoms with Gasteiger partial charge in [0.1, 0.15) is 6.10 Å². The lowest BCUT2D eigenvalue weighted by molar-refractivity contribution is 0.129. The standard InChI is InChI=1S/C11H15ClN2O/c1-8-2-4-9(5-3-8)15-11-7-6-10(12)13-14-11/h6-9H,2-5H2,1H3. The van der Waals surface area contributed by atoms with Crippen LogP contribution in [0.15, 0.2) is 12.1 Å². The highest BCUT2D eigenvalue weighted by Crippen LogP contribution is 2.26. The molecule has 0 N–H and O–H groups in total. The molecule has 0 aromatic carbocycles. The van der Waals surface area contributed by atoms with Crippen molar-refractivity contribution in [2.45, 2.75) is 38.7 Å². The van der Waals surface area contributed by atoms with Gasteiger partial charge in [0.2, 0.25) is 5.88 Å². The first kappa shape index (κ1) is 10.7. The fourth-order valence-electron chi connectivity index (χ4n) is 1.88. The summed E-state index contributed by atoms with van der Waals surface area (Å²) in [6.45, 7) is 2.29. The number of aromatic nitrogens is 2. The molecule has 1 aromatic rings. The van der Waals surface area contributed by atoms with Gasteiger partial charge in [0.25, 0.3) is 0 Å². The highest BCUT2D eigenvalue weighted by Gasteiger charge is 2.19. The lowest BCUT2D eigenvalue weighted by Crippen LogP contribution is -2.23. The van der Waals surface area contributed by atoms with Gasteiger partial charge in [0, 0.05) is 6.07 Å². The predicted octanol–water partition coefficient (Wildman–Crippen LogP) is 3.09. The summed E-state index contributed by atoms with van der Waals surface area (Å²) in [5.74, 6) is 1.42. The minimum atomic E-state index is 0.302. The second-order valence-corrected chi connectivity index (χ2v) is 4.58. The fourth-order valence-corrected chi connectivity index (χ4v) is 1.99. The van der Waals surface area contributed by atoms with Gasteiger partial charge in [-0.15, -0.1) is 10.2 Å². The summed E-state index contributed by atoms with van der Waals surface area (Å²) in [7, 11) is 0. The van der Waals surface area contributed by atoms with E-state index < -0.39 is 0 Å². The van der Waals surface area contributed by atoms with E-state index in [9.17, 15) is 0 Å². The van der Waals surface area contributed by atoms with Gasteiger partial charge in [-0.1, -0.05) is 18.5 Å². The Balaban J connectivity index is 1.89. The maximum atomic E-state index is 5.73. The van der Waals surface area contributed by atoms with Gasteiger partial charge in [-0.3, -0.25) is 0 Å². The molecule has 0 radical (unpaired) electrons. The molecular weight excluding hydrogens is 212 g/mol. The maximum Gasteiger partial charge on any atom is 0.233 e. The fraction of sp³-hybridized carbons (Fsp3) is 0.636. The van der Waals surface area contributed by atoms with Crippen LogP contribution < -0.4 is 4.74 Å². The third kappa shape index (κ3) is 3.06. The van der Waals surface area contributed by atoms with Crippen LogP contribution in [-0.2, 0) is 0 Å². The molecule has 3 nitrogen and oxygen atoms in total. The van der Waals surface area contributed by atoms with Gasteiger partial charge >= 0.3 is 0 Å². The van der Waals surface area contributed by atoms with Crippen molar-refractivity contribution < 1.29 is 4.74 Å². The van der Waals surface area contributed by atoms with Crippen LogP contribution in [0.25, 0.3) is 0 Å². The van der Waals surface area contributed by atoms with Crippen LogP contribution in [0, 0.1) is 5.92 Å². The van der Waals surface area contributed by atoms with Crippen LogP contribution in [0.3, 0.4) is 0 Å². The van der Waals surface area contributed by atoms with Gasteiger partial charge in [0.15, 0.2) is 5.15 Å². The van der Waals surface area contributed by atoms with E-state index in [2.05, 4.69) is 17.1 Å². The number of hydrogen-bond donors (Lipinski definition) is 0. The number of halogens is 1. The zero-order chi connectivity index (χ0) is 10.7. The minimum Gasteiger partial charge on any atom is -0.473 e. The maximum absolute atomic E-state index is 5.73. The van der Waals surface area contributed by atoms with Crippen LogP contribution in [0.2, 0.25) is 5.15 Å². The Labute approximate surface area is 94.8 Å². The van der Waals surface area contributed by atoms with Gasteiger partial charge in [-0.05, 0) is 37.7 Å². The minimum absolute atomic E-state index is 0.302. The topological polar surface area (TPSA) is 35.0 Å². The van der Waals surface area contributed by atoms with Crippen molar-refractivity contribution in [3.8, 4) is 5.88 Å². The molecule has 1 saturated carbocycles. The number of ether oxygens (including phenoxy) is 1. The van der Waals surface area contributed by atoms with Gasteiger partial charge in [-0.2, -0.15) is 0 Å². The van der Waals surface area contributed by atoms with Crippen molar-refractivity contribution in [3.63, 3.8) is 0 Å². The second kappa shape index (κ2) is 4.79. The number of nitrogens with zero attached hydrogens (tertiary/aromatic N) is 2. The molecule has 1 aliphatic rings. The molecule has 0 aliphatic heterocycles. The summed E-state index contributed by atoms with van der Waals surface area (Å²) < 4.78 is 5.73. The van der Waals surface area contributed by atoms with Crippen LogP contribution in [0.5, 0.6) is 5.88 Å². The monoisotopic (exact) mass is 226 g/mol. The molecular formula is C11H15ClN2O. The first-order valence-corrected chi connectivity index (χ1v) is 5.78. The Kier molecular flexibility index (Phi) is 3.41. The van der Waals surface area contributed by atoms with E-state index >= 15 is 0 Å². The van der Waals surface area contributed by atoms with E-state index in [4.69, 9.17) is 16.3 Å². The molecule has 0 unspecified atom stereocenters. The molecule has 1 heterocycles. The molecule has 0 amide bonds. The molecule has 1 aliphatic carbocycles. The van der Waals surface area contributed by atoms with Gasteiger partial charge < -0.3 is 4.74 Å². The molecule has 2 rings (SSSR count). The molecule has 0 atom stereocenters. The van der Waals surface area contributed by atoms with Crippen LogP contribution in [0.1, 0.15) is 32.6 Å². The lowest BCUT2D eigenvalue weighted by Gasteiger charge is -2.26. The number of hydrogen-bond acceptors (Lipinski definition) is 3. The van der Waals surface area contributed by atoms with Crippen LogP contribution in [0.4, 0.5) is 0 Å². The van der Waals surface area contributed by atoms with E-state index in [0.717, 1.165) is 18.8 Å². The lowest BCUT2D eigenvalue weighted by atomic mass is 9.89. The average molecular weight is 227 g/mol. The van der Waals surface area contributed by atoms with E-state index in [1.54, 1.807) is 12.1 Å². The first-order valence-electron chi connectivity index (χ1n) is 5.40. The summed E-state index contributed by atoms with van der Waals surface area (Å²) in [4.78, 5) is 0. The molecule has 15 heavy (non-hydrogen) atoms. The van der Waals surface area contributed by atoms with Gasteiger partial charge in [0.05, 0.1) is 0 Å². The quantitative estimate of drug-likeness (QED) is 0.778. The molecule has 82 valence electrons. The van der Waals surface area contributed by atoms with Crippen molar-refractivity contribution >= 4 is 11.6 Å². The van der Waals surface area contributed by atoms with Gasteiger partial charge in [-0.25, -0.2) is 0 Å². The first-order chi connectivity index (χ1) is 7.24. The molecule has 0 spiro atoms. The Morgan fingerprint density at radius 1 is 1.20 bits per heavy atom. The summed E-state index contributed by atoms with van der Waals surface area (Å²) in [6.07, 6.45) is 5.02. The third-order valence-electron chi connectivity index (χ3n) is 2.86. The Hall–Kier alpha value is -0.830. The van der Waals surface area contributed by atoms with Crippen molar-refractivity contribution in [2.75, 3.05) is 0 Å². The van der Waals surface area contributed by atoms with E-state index in [1.807, 2.05) is 0 Å². The summed E-state index contributed by atoms with van der Waals surface area (Å²) >= 11 is 5.64. The molecule has 0 bridgehead atoms. The number of rotatable bonds is 2. The second-order valence-electron chi connectivity index (χ2n) is 4.19. The largest absolute Gasteiger partial charge is 0.473 e. The summed E-state index contributed by atoms with van der Waals surface area (Å²) in [5, 5.41) is 8.04. The van der Waals surface area contributed by atoms with Crippen molar-refractivity contribution in [2.24, 2.45) is 5.92 Å². The zero-order valence-electron chi connectivity index (χ0n) is 8.82. The van der Waals surface area contributed by atoms with Crippen molar-refractivity contribution in [1.82, 2.24) is 10.2 Å². The molecule has 1 aromatic heterocycles. The highest BCUT2D eigenvalue weighted by atomic mass is 35.5. The SMILES string of the molecule is CC1CCC(Oc2ccc(Cl)nn2)CC1. The van der Waals surface area contributed by atoms with E-state index in [0.29, 0.717) is 17.1 Å². The average Bonchev–Trinajstić information content (AvgIpc) is 2.25. The normalized spacial score (nSPS) is 26.3. The molecule has 4 heteroatoms. The highest BCUT2D eigenvalue weighted by molar-refractivity contribution is 6.29. The van der Waals surface area contributed by atoms with Crippen molar-refractivity contribution in [1.29, 1.82) is 0 Å². The van der Waals surface area contributed by atoms with E-state index in [1.165, 1.54) is 12.8 Å². The van der Waals surface area contributed by atoms with Crippen LogP contribution in [-0.4, -0.2) is 16.3 Å².